The molecule has 0 spiro atoms. The predicted molar refractivity (Wildman–Crippen MR) is 44.2 cm³/mol. The van der Waals surface area contributed by atoms with E-state index in [1.165, 1.54) is 5.01 Å². The van der Waals surface area contributed by atoms with Crippen LogP contribution in [0.4, 0.5) is 0 Å². The number of rotatable bonds is 2. The smallest absolute Gasteiger partial charge is 0.194 e. The maximum absolute atomic E-state index is 10.4. The number of piperazine rings is 1. The van der Waals surface area contributed by atoms with Crippen molar-refractivity contribution >= 4 is 0 Å². The second kappa shape index (κ2) is 3.14. The van der Waals surface area contributed by atoms with Crippen LogP contribution in [0.1, 0.15) is 13.8 Å². The molecule has 0 amide bonds. The first-order chi connectivity index (χ1) is 5.61. The SMILES string of the molecule is CC1(C)CNCC(N=O)N1N=O. The number of hydrogen-bond donors (Lipinski definition) is 1. The van der Waals surface area contributed by atoms with Gasteiger partial charge in [-0.3, -0.25) is 0 Å². The summed E-state index contributed by atoms with van der Waals surface area (Å²) in [7, 11) is 0. The molecule has 1 heterocycles. The van der Waals surface area contributed by atoms with Gasteiger partial charge >= 0.3 is 0 Å². The van der Waals surface area contributed by atoms with Crippen molar-refractivity contribution in [3.63, 3.8) is 0 Å². The second-order valence-corrected chi connectivity index (χ2v) is 3.46. The zero-order chi connectivity index (χ0) is 9.19. The van der Waals surface area contributed by atoms with Gasteiger partial charge in [-0.2, -0.15) is 0 Å². The van der Waals surface area contributed by atoms with E-state index in [-0.39, 0.29) is 0 Å². The third kappa shape index (κ3) is 1.42. The summed E-state index contributed by atoms with van der Waals surface area (Å²) >= 11 is 0. The number of hydrogen-bond acceptors (Lipinski definition) is 5. The van der Waals surface area contributed by atoms with Crippen molar-refractivity contribution < 1.29 is 0 Å². The van der Waals surface area contributed by atoms with Crippen LogP contribution in [0.5, 0.6) is 0 Å². The standard InChI is InChI=1S/C6H12N4O2/c1-6(2)4-7-3-5(8-11)10(6)9-12/h5,7H,3-4H2,1-2H3. The van der Waals surface area contributed by atoms with Gasteiger partial charge in [-0.15, -0.1) is 9.81 Å². The molecule has 6 heteroatoms. The van der Waals surface area contributed by atoms with Gasteiger partial charge in [0, 0.05) is 13.1 Å². The Kier molecular flexibility index (Phi) is 2.37. The lowest BCUT2D eigenvalue weighted by Gasteiger charge is -2.40. The second-order valence-electron chi connectivity index (χ2n) is 3.46. The van der Waals surface area contributed by atoms with Gasteiger partial charge in [-0.05, 0) is 19.0 Å². The minimum absolute atomic E-state index is 0.388. The fourth-order valence-corrected chi connectivity index (χ4v) is 1.32. The van der Waals surface area contributed by atoms with Crippen LogP contribution < -0.4 is 5.32 Å². The molecule has 1 rings (SSSR count). The summed E-state index contributed by atoms with van der Waals surface area (Å²) in [6.07, 6.45) is -0.675. The number of nitrogens with one attached hydrogen (secondary N) is 1. The van der Waals surface area contributed by atoms with Gasteiger partial charge < -0.3 is 5.32 Å². The van der Waals surface area contributed by atoms with E-state index in [0.717, 1.165) is 0 Å². The summed E-state index contributed by atoms with van der Waals surface area (Å²) in [5, 5.41) is 9.83. The van der Waals surface area contributed by atoms with Gasteiger partial charge in [-0.1, -0.05) is 0 Å². The molecule has 1 N–H and O–H groups in total. The molecule has 6 nitrogen and oxygen atoms in total. The Balaban J connectivity index is 2.79. The third-order valence-electron chi connectivity index (χ3n) is 2.00. The van der Waals surface area contributed by atoms with Crippen molar-refractivity contribution in [1.82, 2.24) is 10.3 Å². The van der Waals surface area contributed by atoms with E-state index in [4.69, 9.17) is 0 Å². The summed E-state index contributed by atoms with van der Waals surface area (Å²) in [5.74, 6) is 0. The van der Waals surface area contributed by atoms with Crippen LogP contribution in [0.15, 0.2) is 10.5 Å². The fraction of sp³-hybridized carbons (Fsp3) is 1.00. The van der Waals surface area contributed by atoms with Crippen LogP contribution in [-0.2, 0) is 0 Å². The zero-order valence-corrected chi connectivity index (χ0v) is 7.15. The highest BCUT2D eigenvalue weighted by Crippen LogP contribution is 2.21. The largest absolute Gasteiger partial charge is 0.310 e. The van der Waals surface area contributed by atoms with E-state index in [2.05, 4.69) is 15.8 Å². The lowest BCUT2D eigenvalue weighted by atomic mass is 10.0. The third-order valence-corrected chi connectivity index (χ3v) is 2.00. The predicted octanol–water partition coefficient (Wildman–Crippen LogP) is 0.444. The zero-order valence-electron chi connectivity index (χ0n) is 7.15. The van der Waals surface area contributed by atoms with Crippen molar-refractivity contribution in [2.75, 3.05) is 13.1 Å². The molecule has 1 unspecified atom stereocenters. The number of nitrogens with zero attached hydrogens (tertiary/aromatic N) is 3. The molecule has 0 radical (unpaired) electrons. The Bertz CT molecular complexity index is 194. The quantitative estimate of drug-likeness (QED) is 0.613. The molecule has 68 valence electrons. The van der Waals surface area contributed by atoms with Crippen LogP contribution in [0.3, 0.4) is 0 Å². The van der Waals surface area contributed by atoms with Crippen LogP contribution in [0.2, 0.25) is 0 Å². The normalized spacial score (nSPS) is 28.2. The first-order valence-electron chi connectivity index (χ1n) is 3.77. The fourth-order valence-electron chi connectivity index (χ4n) is 1.32. The molecule has 1 aliphatic rings. The highest BCUT2D eigenvalue weighted by Gasteiger charge is 2.37. The van der Waals surface area contributed by atoms with Crippen molar-refractivity contribution in [2.45, 2.75) is 25.6 Å². The van der Waals surface area contributed by atoms with E-state index in [9.17, 15) is 9.81 Å². The van der Waals surface area contributed by atoms with Gasteiger partial charge in [0.05, 0.1) is 10.8 Å². The van der Waals surface area contributed by atoms with Crippen molar-refractivity contribution in [1.29, 1.82) is 0 Å². The average Bonchev–Trinajstić information content (AvgIpc) is 2.02. The van der Waals surface area contributed by atoms with Gasteiger partial charge in [-0.25, -0.2) is 5.01 Å². The Labute approximate surface area is 70.2 Å². The molecule has 0 aromatic rings. The molecule has 1 fully saturated rings. The lowest BCUT2D eigenvalue weighted by molar-refractivity contribution is 0.0412. The van der Waals surface area contributed by atoms with E-state index in [1.54, 1.807) is 0 Å². The Morgan fingerprint density at radius 2 is 2.17 bits per heavy atom. The summed E-state index contributed by atoms with van der Waals surface area (Å²) in [6, 6.07) is 0. The van der Waals surface area contributed by atoms with E-state index in [1.807, 2.05) is 13.8 Å². The summed E-state index contributed by atoms with van der Waals surface area (Å²) in [5.41, 5.74) is -0.432. The maximum Gasteiger partial charge on any atom is 0.194 e. The van der Waals surface area contributed by atoms with Crippen LogP contribution in [-0.4, -0.2) is 29.8 Å². The van der Waals surface area contributed by atoms with Crippen molar-refractivity contribution in [2.24, 2.45) is 10.5 Å². The molecule has 0 aromatic heterocycles. The first-order valence-corrected chi connectivity index (χ1v) is 3.77. The molecular formula is C6H12N4O2. The molecule has 0 bridgehead atoms. The lowest BCUT2D eigenvalue weighted by Crippen LogP contribution is -2.59. The van der Waals surface area contributed by atoms with Gasteiger partial charge in [0.25, 0.3) is 0 Å². The number of nitroso groups, excluding NO2 is 2. The van der Waals surface area contributed by atoms with Crippen molar-refractivity contribution in [3.05, 3.63) is 9.81 Å². The van der Waals surface area contributed by atoms with Gasteiger partial charge in [0.2, 0.25) is 0 Å². The van der Waals surface area contributed by atoms with Crippen LogP contribution >= 0.6 is 0 Å². The molecule has 1 aliphatic heterocycles. The highest BCUT2D eigenvalue weighted by molar-refractivity contribution is 4.90. The monoisotopic (exact) mass is 172 g/mol. The van der Waals surface area contributed by atoms with E-state index < -0.39 is 11.7 Å². The molecular weight excluding hydrogens is 160 g/mol. The highest BCUT2D eigenvalue weighted by atomic mass is 16.3. The average molecular weight is 172 g/mol. The molecule has 0 aliphatic carbocycles. The maximum atomic E-state index is 10.4. The van der Waals surface area contributed by atoms with Crippen molar-refractivity contribution in [3.8, 4) is 0 Å². The first kappa shape index (κ1) is 9.05. The van der Waals surface area contributed by atoms with Gasteiger partial charge in [0.15, 0.2) is 6.17 Å². The topological polar surface area (TPSA) is 74.1 Å². The van der Waals surface area contributed by atoms with Gasteiger partial charge in [0.1, 0.15) is 0 Å². The molecule has 0 aromatic carbocycles. The Morgan fingerprint density at radius 1 is 1.50 bits per heavy atom. The summed E-state index contributed by atoms with van der Waals surface area (Å²) in [6.45, 7) is 4.68. The summed E-state index contributed by atoms with van der Waals surface area (Å²) < 4.78 is 0. The Hall–Kier alpha value is -1.04. The van der Waals surface area contributed by atoms with E-state index in [0.29, 0.717) is 13.1 Å². The van der Waals surface area contributed by atoms with Crippen LogP contribution in [0.25, 0.3) is 0 Å². The van der Waals surface area contributed by atoms with E-state index >= 15 is 0 Å². The minimum atomic E-state index is -0.675. The molecule has 1 saturated heterocycles. The minimum Gasteiger partial charge on any atom is -0.310 e. The Morgan fingerprint density at radius 3 is 2.58 bits per heavy atom. The molecule has 12 heavy (non-hydrogen) atoms. The molecule has 0 saturated carbocycles. The molecule has 1 atom stereocenters. The van der Waals surface area contributed by atoms with Crippen LogP contribution in [0, 0.1) is 9.81 Å². The summed E-state index contributed by atoms with van der Waals surface area (Å²) in [4.78, 5) is 20.7.